The van der Waals surface area contributed by atoms with Gasteiger partial charge in [-0.15, -0.1) is 6.42 Å². The summed E-state index contributed by atoms with van der Waals surface area (Å²) in [5.74, 6) is 2.20. The van der Waals surface area contributed by atoms with Crippen LogP contribution in [0.2, 0.25) is 0 Å². The highest BCUT2D eigenvalue weighted by Crippen LogP contribution is 2.14. The number of hydrogen-bond acceptors (Lipinski definition) is 4. The number of carbonyl (C=O) groups excluding carboxylic acids is 1. The quantitative estimate of drug-likeness (QED) is 0.578. The molecule has 1 amide bonds. The number of terminal acetylenes is 1. The van der Waals surface area contributed by atoms with Gasteiger partial charge in [-0.05, 0) is 18.6 Å². The second-order valence-corrected chi connectivity index (χ2v) is 6.60. The predicted molar refractivity (Wildman–Crippen MR) is 80.4 cm³/mol. The molecule has 0 aliphatic rings. The number of amides is 1. The Balaban J connectivity index is 2.62. The Kier molecular flexibility index (Phi) is 6.07. The monoisotopic (exact) mass is 294 g/mol. The first-order valence-corrected chi connectivity index (χ1v) is 8.22. The molecule has 0 atom stereocenters. The molecule has 1 aromatic rings. The van der Waals surface area contributed by atoms with Crippen molar-refractivity contribution < 1.29 is 13.2 Å². The molecule has 0 aliphatic carbocycles. The summed E-state index contributed by atoms with van der Waals surface area (Å²) >= 11 is 0. The summed E-state index contributed by atoms with van der Waals surface area (Å²) in [7, 11) is -2.96. The van der Waals surface area contributed by atoms with E-state index in [0.717, 1.165) is 0 Å². The largest absolute Gasteiger partial charge is 0.384 e. The Bertz CT molecular complexity index is 603. The highest BCUT2D eigenvalue weighted by atomic mass is 32.2. The van der Waals surface area contributed by atoms with Crippen molar-refractivity contribution in [1.82, 2.24) is 5.32 Å². The lowest BCUT2D eigenvalue weighted by molar-refractivity contribution is 0.0959. The van der Waals surface area contributed by atoms with Gasteiger partial charge in [0, 0.05) is 18.5 Å². The third kappa shape index (κ3) is 5.76. The molecule has 0 saturated carbocycles. The highest BCUT2D eigenvalue weighted by Gasteiger charge is 2.09. The third-order valence-corrected chi connectivity index (χ3v) is 3.56. The highest BCUT2D eigenvalue weighted by molar-refractivity contribution is 7.90. The van der Waals surface area contributed by atoms with Gasteiger partial charge in [-0.1, -0.05) is 18.1 Å². The van der Waals surface area contributed by atoms with E-state index in [9.17, 15) is 13.2 Å². The zero-order chi connectivity index (χ0) is 15.0. The van der Waals surface area contributed by atoms with Gasteiger partial charge < -0.3 is 10.6 Å². The van der Waals surface area contributed by atoms with Crippen LogP contribution in [0.3, 0.4) is 0 Å². The van der Waals surface area contributed by atoms with Gasteiger partial charge in [-0.2, -0.15) is 0 Å². The van der Waals surface area contributed by atoms with Gasteiger partial charge in [0.25, 0.3) is 5.91 Å². The molecule has 0 aromatic heterocycles. The van der Waals surface area contributed by atoms with Crippen LogP contribution in [0.4, 0.5) is 5.69 Å². The van der Waals surface area contributed by atoms with Crippen molar-refractivity contribution in [3.8, 4) is 12.3 Å². The molecule has 6 heteroatoms. The standard InChI is InChI=1S/C14H18N2O3S/c1-3-9-16-14(17)12-7-4-5-8-13(12)15-10-6-11-20(2,18)19/h1,4-5,7-8,15H,6,9-11H2,2H3,(H,16,17). The van der Waals surface area contributed by atoms with E-state index < -0.39 is 9.84 Å². The minimum absolute atomic E-state index is 0.117. The van der Waals surface area contributed by atoms with Gasteiger partial charge >= 0.3 is 0 Å². The van der Waals surface area contributed by atoms with Crippen LogP contribution in [-0.4, -0.2) is 39.4 Å². The number of nitrogens with one attached hydrogen (secondary N) is 2. The Morgan fingerprint density at radius 1 is 1.35 bits per heavy atom. The van der Waals surface area contributed by atoms with Crippen LogP contribution in [0.25, 0.3) is 0 Å². The molecule has 0 bridgehead atoms. The van der Waals surface area contributed by atoms with Crippen LogP contribution in [-0.2, 0) is 9.84 Å². The van der Waals surface area contributed by atoms with Crippen molar-refractivity contribution in [2.45, 2.75) is 6.42 Å². The van der Waals surface area contributed by atoms with Crippen LogP contribution in [0.1, 0.15) is 16.8 Å². The number of rotatable bonds is 7. The molecule has 5 nitrogen and oxygen atoms in total. The smallest absolute Gasteiger partial charge is 0.254 e. The van der Waals surface area contributed by atoms with Crippen LogP contribution in [0.15, 0.2) is 24.3 Å². The molecule has 0 unspecified atom stereocenters. The number of para-hydroxylation sites is 1. The average molecular weight is 294 g/mol. The summed E-state index contributed by atoms with van der Waals surface area (Å²) in [5.41, 5.74) is 1.15. The molecule has 20 heavy (non-hydrogen) atoms. The van der Waals surface area contributed by atoms with Crippen molar-refractivity contribution in [2.24, 2.45) is 0 Å². The van der Waals surface area contributed by atoms with E-state index in [1.807, 2.05) is 0 Å². The molecule has 0 spiro atoms. The lowest BCUT2D eigenvalue weighted by atomic mass is 10.1. The number of carbonyl (C=O) groups is 1. The molecular weight excluding hydrogens is 276 g/mol. The lowest BCUT2D eigenvalue weighted by Gasteiger charge is -2.11. The van der Waals surface area contributed by atoms with Gasteiger partial charge in [0.05, 0.1) is 17.9 Å². The number of benzene rings is 1. The summed E-state index contributed by atoms with van der Waals surface area (Å²) in [6, 6.07) is 7.01. The maximum atomic E-state index is 11.9. The minimum Gasteiger partial charge on any atom is -0.384 e. The topological polar surface area (TPSA) is 75.3 Å². The molecule has 1 aromatic carbocycles. The fourth-order valence-corrected chi connectivity index (χ4v) is 2.29. The van der Waals surface area contributed by atoms with Crippen molar-refractivity contribution in [3.63, 3.8) is 0 Å². The van der Waals surface area contributed by atoms with E-state index in [1.54, 1.807) is 24.3 Å². The van der Waals surface area contributed by atoms with Crippen molar-refractivity contribution >= 4 is 21.4 Å². The normalized spacial score (nSPS) is 10.6. The molecular formula is C14H18N2O3S. The van der Waals surface area contributed by atoms with Crippen LogP contribution < -0.4 is 10.6 Å². The molecule has 0 radical (unpaired) electrons. The Morgan fingerprint density at radius 3 is 2.70 bits per heavy atom. The van der Waals surface area contributed by atoms with Gasteiger partial charge in [0.2, 0.25) is 0 Å². The Morgan fingerprint density at radius 2 is 2.05 bits per heavy atom. The minimum atomic E-state index is -2.96. The lowest BCUT2D eigenvalue weighted by Crippen LogP contribution is -2.24. The summed E-state index contributed by atoms with van der Waals surface area (Å²) in [6.45, 7) is 0.647. The Hall–Kier alpha value is -2.00. The van der Waals surface area contributed by atoms with Crippen LogP contribution >= 0.6 is 0 Å². The van der Waals surface area contributed by atoms with E-state index in [1.165, 1.54) is 6.26 Å². The number of anilines is 1. The second kappa shape index (κ2) is 7.56. The Labute approximate surface area is 119 Å². The van der Waals surface area contributed by atoms with E-state index in [0.29, 0.717) is 24.2 Å². The first-order chi connectivity index (χ1) is 9.44. The van der Waals surface area contributed by atoms with Crippen molar-refractivity contribution in [2.75, 3.05) is 30.4 Å². The zero-order valence-electron chi connectivity index (χ0n) is 11.3. The predicted octanol–water partition coefficient (Wildman–Crippen LogP) is 0.896. The van der Waals surface area contributed by atoms with E-state index >= 15 is 0 Å². The molecule has 0 saturated heterocycles. The van der Waals surface area contributed by atoms with Gasteiger partial charge in [0.1, 0.15) is 9.84 Å². The maximum Gasteiger partial charge on any atom is 0.254 e. The van der Waals surface area contributed by atoms with Crippen LogP contribution in [0.5, 0.6) is 0 Å². The van der Waals surface area contributed by atoms with Crippen molar-refractivity contribution in [1.29, 1.82) is 0 Å². The summed E-state index contributed by atoms with van der Waals surface area (Å²) < 4.78 is 22.1. The fourth-order valence-electron chi connectivity index (χ4n) is 1.62. The third-order valence-electron chi connectivity index (χ3n) is 2.53. The SMILES string of the molecule is C#CCNC(=O)c1ccccc1NCCCS(C)(=O)=O. The average Bonchev–Trinajstić information content (AvgIpc) is 2.40. The second-order valence-electron chi connectivity index (χ2n) is 4.34. The van der Waals surface area contributed by atoms with E-state index in [4.69, 9.17) is 6.42 Å². The maximum absolute atomic E-state index is 11.9. The van der Waals surface area contributed by atoms with E-state index in [2.05, 4.69) is 16.6 Å². The molecule has 0 aliphatic heterocycles. The van der Waals surface area contributed by atoms with E-state index in [-0.39, 0.29) is 18.2 Å². The number of hydrogen-bond donors (Lipinski definition) is 2. The van der Waals surface area contributed by atoms with Gasteiger partial charge in [-0.25, -0.2) is 8.42 Å². The molecule has 0 heterocycles. The van der Waals surface area contributed by atoms with Gasteiger partial charge in [-0.3, -0.25) is 4.79 Å². The molecule has 2 N–H and O–H groups in total. The summed E-state index contributed by atoms with van der Waals surface area (Å²) in [5, 5.41) is 5.66. The molecule has 0 fully saturated rings. The fraction of sp³-hybridized carbons (Fsp3) is 0.357. The van der Waals surface area contributed by atoms with Crippen LogP contribution in [0, 0.1) is 12.3 Å². The molecule has 108 valence electrons. The zero-order valence-corrected chi connectivity index (χ0v) is 12.2. The first-order valence-electron chi connectivity index (χ1n) is 6.16. The number of sulfone groups is 1. The molecule has 1 rings (SSSR count). The summed E-state index contributed by atoms with van der Waals surface area (Å²) in [6.07, 6.45) is 6.78. The van der Waals surface area contributed by atoms with Crippen molar-refractivity contribution in [3.05, 3.63) is 29.8 Å². The first kappa shape index (κ1) is 16.1. The van der Waals surface area contributed by atoms with Gasteiger partial charge in [0.15, 0.2) is 0 Å². The summed E-state index contributed by atoms with van der Waals surface area (Å²) in [4.78, 5) is 11.9.